The molecule has 8 heteroatoms. The number of hydrogen-bond donors (Lipinski definition) is 1. The summed E-state index contributed by atoms with van der Waals surface area (Å²) in [5, 5.41) is 0. The van der Waals surface area contributed by atoms with Crippen LogP contribution in [0.4, 0.5) is 0 Å². The fourth-order valence-corrected chi connectivity index (χ4v) is 4.93. The smallest absolute Gasteiger partial charge is 0.246 e. The van der Waals surface area contributed by atoms with Crippen molar-refractivity contribution in [3.8, 4) is 11.5 Å². The second-order valence-corrected chi connectivity index (χ2v) is 8.50. The lowest BCUT2D eigenvalue weighted by atomic mass is 9.90. The molecular weight excluding hydrogens is 372 g/mol. The monoisotopic (exact) mass is 392 g/mol. The summed E-state index contributed by atoms with van der Waals surface area (Å²) in [4.78, 5) is 0.129. The van der Waals surface area contributed by atoms with Crippen LogP contribution in [-0.4, -0.2) is 46.6 Å². The molecule has 2 N–H and O–H groups in total. The summed E-state index contributed by atoms with van der Waals surface area (Å²) < 4.78 is 38.3. The average molecular weight is 393 g/mol. The zero-order valence-electron chi connectivity index (χ0n) is 12.9. The van der Waals surface area contributed by atoms with Crippen LogP contribution < -0.4 is 15.2 Å². The fourth-order valence-electron chi connectivity index (χ4n) is 2.52. The highest BCUT2D eigenvalue weighted by molar-refractivity contribution is 9.10. The number of rotatable bonds is 5. The normalized spacial score (nSPS) is 22.8. The molecule has 0 radical (unpaired) electrons. The molecule has 1 unspecified atom stereocenters. The maximum absolute atomic E-state index is 12.9. The minimum absolute atomic E-state index is 0.129. The molecule has 1 aliphatic heterocycles. The van der Waals surface area contributed by atoms with Crippen LogP contribution in [0.2, 0.25) is 0 Å². The zero-order chi connectivity index (χ0) is 16.5. The summed E-state index contributed by atoms with van der Waals surface area (Å²) in [6, 6.07) is 3.08. The molecule has 1 atom stereocenters. The average Bonchev–Trinajstić information content (AvgIpc) is 2.91. The Kier molecular flexibility index (Phi) is 5.06. The summed E-state index contributed by atoms with van der Waals surface area (Å²) in [7, 11) is -0.688. The Hall–Kier alpha value is -0.830. The summed E-state index contributed by atoms with van der Waals surface area (Å²) in [6.45, 7) is 3.34. The van der Waals surface area contributed by atoms with E-state index in [1.807, 2.05) is 6.92 Å². The Bertz CT molecular complexity index is 665. The van der Waals surface area contributed by atoms with Crippen LogP contribution >= 0.6 is 15.9 Å². The van der Waals surface area contributed by atoms with Gasteiger partial charge in [-0.3, -0.25) is 0 Å². The lowest BCUT2D eigenvalue weighted by Crippen LogP contribution is -2.34. The number of sulfonamides is 1. The molecule has 6 nitrogen and oxygen atoms in total. The standard InChI is InChI=1S/C14H21BrN2O4S/c1-14(8-16)4-5-17(9-14)22(18,19)13-6-10(15)11(20-2)7-12(13)21-3/h6-7H,4-5,8-9,16H2,1-3H3. The van der Waals surface area contributed by atoms with Crippen LogP contribution in [0.15, 0.2) is 21.5 Å². The van der Waals surface area contributed by atoms with Crippen molar-refractivity contribution in [3.63, 3.8) is 0 Å². The molecule has 0 bridgehead atoms. The molecule has 2 rings (SSSR count). The summed E-state index contributed by atoms with van der Waals surface area (Å²) >= 11 is 3.32. The van der Waals surface area contributed by atoms with E-state index in [4.69, 9.17) is 15.2 Å². The molecular formula is C14H21BrN2O4S. The highest BCUT2D eigenvalue weighted by Crippen LogP contribution is 2.39. The summed E-state index contributed by atoms with van der Waals surface area (Å²) in [6.07, 6.45) is 0.752. The highest BCUT2D eigenvalue weighted by atomic mass is 79.9. The van der Waals surface area contributed by atoms with E-state index in [0.29, 0.717) is 29.9 Å². The third kappa shape index (κ3) is 3.10. The molecule has 1 fully saturated rings. The predicted molar refractivity (Wildman–Crippen MR) is 87.8 cm³/mol. The minimum atomic E-state index is -3.64. The first-order valence-corrected chi connectivity index (χ1v) is 9.12. The van der Waals surface area contributed by atoms with Gasteiger partial charge in [0.25, 0.3) is 0 Å². The van der Waals surface area contributed by atoms with Gasteiger partial charge in [-0.15, -0.1) is 0 Å². The molecule has 0 spiro atoms. The summed E-state index contributed by atoms with van der Waals surface area (Å²) in [5.41, 5.74) is 5.58. The van der Waals surface area contributed by atoms with Crippen molar-refractivity contribution in [2.24, 2.45) is 11.1 Å². The number of nitrogens with two attached hydrogens (primary N) is 1. The third-order valence-corrected chi connectivity index (χ3v) is 6.56. The van der Waals surface area contributed by atoms with Gasteiger partial charge < -0.3 is 15.2 Å². The Morgan fingerprint density at radius 3 is 2.45 bits per heavy atom. The van der Waals surface area contributed by atoms with Gasteiger partial charge in [0.05, 0.1) is 18.7 Å². The van der Waals surface area contributed by atoms with Gasteiger partial charge >= 0.3 is 0 Å². The molecule has 1 saturated heterocycles. The third-order valence-electron chi connectivity index (χ3n) is 4.07. The first-order valence-electron chi connectivity index (χ1n) is 6.89. The Morgan fingerprint density at radius 2 is 1.95 bits per heavy atom. The number of methoxy groups -OCH3 is 2. The number of benzene rings is 1. The number of hydrogen-bond acceptors (Lipinski definition) is 5. The highest BCUT2D eigenvalue weighted by Gasteiger charge is 2.40. The molecule has 1 aromatic rings. The van der Waals surface area contributed by atoms with Gasteiger partial charge in [-0.05, 0) is 40.4 Å². The van der Waals surface area contributed by atoms with E-state index in [1.54, 1.807) is 6.07 Å². The lowest BCUT2D eigenvalue weighted by molar-refractivity contribution is 0.347. The summed E-state index contributed by atoms with van der Waals surface area (Å²) in [5.74, 6) is 0.783. The number of ether oxygens (including phenoxy) is 2. The molecule has 1 aliphatic rings. The van der Waals surface area contributed by atoms with Gasteiger partial charge in [0, 0.05) is 19.2 Å². The molecule has 124 valence electrons. The van der Waals surface area contributed by atoms with Crippen LogP contribution in [-0.2, 0) is 10.0 Å². The van der Waals surface area contributed by atoms with Crippen molar-refractivity contribution in [1.82, 2.24) is 4.31 Å². The van der Waals surface area contributed by atoms with Gasteiger partial charge in [0.15, 0.2) is 0 Å². The predicted octanol–water partition coefficient (Wildman–Crippen LogP) is 1.83. The van der Waals surface area contributed by atoms with Crippen molar-refractivity contribution in [2.75, 3.05) is 33.9 Å². The first kappa shape index (κ1) is 17.5. The molecule has 1 heterocycles. The van der Waals surface area contributed by atoms with Crippen LogP contribution in [0.5, 0.6) is 11.5 Å². The topological polar surface area (TPSA) is 81.9 Å². The minimum Gasteiger partial charge on any atom is -0.495 e. The van der Waals surface area contributed by atoms with Crippen LogP contribution in [0.25, 0.3) is 0 Å². The van der Waals surface area contributed by atoms with E-state index in [0.717, 1.165) is 6.42 Å². The van der Waals surface area contributed by atoms with E-state index in [9.17, 15) is 8.42 Å². The van der Waals surface area contributed by atoms with E-state index >= 15 is 0 Å². The van der Waals surface area contributed by atoms with E-state index < -0.39 is 10.0 Å². The molecule has 0 aliphatic carbocycles. The van der Waals surface area contributed by atoms with Crippen LogP contribution in [0.1, 0.15) is 13.3 Å². The first-order chi connectivity index (χ1) is 10.3. The molecule has 0 aromatic heterocycles. The van der Waals surface area contributed by atoms with Gasteiger partial charge in [-0.1, -0.05) is 6.92 Å². The number of halogens is 1. The van der Waals surface area contributed by atoms with Crippen molar-refractivity contribution < 1.29 is 17.9 Å². The maximum atomic E-state index is 12.9. The number of nitrogens with zero attached hydrogens (tertiary/aromatic N) is 1. The SMILES string of the molecule is COc1cc(OC)c(S(=O)(=O)N2CCC(C)(CN)C2)cc1Br. The Morgan fingerprint density at radius 1 is 1.32 bits per heavy atom. The largest absolute Gasteiger partial charge is 0.495 e. The van der Waals surface area contributed by atoms with Gasteiger partial charge in [0.1, 0.15) is 16.4 Å². The second-order valence-electron chi connectivity index (χ2n) is 5.74. The van der Waals surface area contributed by atoms with Gasteiger partial charge in [0.2, 0.25) is 10.0 Å². The molecule has 22 heavy (non-hydrogen) atoms. The Balaban J connectivity index is 2.44. The fraction of sp³-hybridized carbons (Fsp3) is 0.571. The maximum Gasteiger partial charge on any atom is 0.246 e. The van der Waals surface area contributed by atoms with Gasteiger partial charge in [-0.2, -0.15) is 4.31 Å². The van der Waals surface area contributed by atoms with Crippen LogP contribution in [0.3, 0.4) is 0 Å². The van der Waals surface area contributed by atoms with E-state index in [1.165, 1.54) is 24.6 Å². The van der Waals surface area contributed by atoms with Crippen molar-refractivity contribution in [1.29, 1.82) is 0 Å². The van der Waals surface area contributed by atoms with E-state index in [-0.39, 0.29) is 16.1 Å². The van der Waals surface area contributed by atoms with Crippen molar-refractivity contribution in [2.45, 2.75) is 18.2 Å². The van der Waals surface area contributed by atoms with Gasteiger partial charge in [-0.25, -0.2) is 8.42 Å². The van der Waals surface area contributed by atoms with E-state index in [2.05, 4.69) is 15.9 Å². The molecule has 0 amide bonds. The molecule has 0 saturated carbocycles. The second kappa shape index (κ2) is 6.35. The van der Waals surface area contributed by atoms with Crippen molar-refractivity contribution in [3.05, 3.63) is 16.6 Å². The van der Waals surface area contributed by atoms with Crippen molar-refractivity contribution >= 4 is 26.0 Å². The van der Waals surface area contributed by atoms with Crippen LogP contribution in [0, 0.1) is 5.41 Å². The lowest BCUT2D eigenvalue weighted by Gasteiger charge is -2.23. The quantitative estimate of drug-likeness (QED) is 0.826. The Labute approximate surface area is 139 Å². The molecule has 1 aromatic carbocycles. The zero-order valence-corrected chi connectivity index (χ0v) is 15.3.